The van der Waals surface area contributed by atoms with Crippen LogP contribution in [-0.4, -0.2) is 28.1 Å². The molecule has 1 N–H and O–H groups in total. The van der Waals surface area contributed by atoms with Crippen molar-refractivity contribution in [3.05, 3.63) is 21.9 Å². The van der Waals surface area contributed by atoms with Gasteiger partial charge in [0.2, 0.25) is 0 Å². The molecule has 1 rings (SSSR count). The predicted molar refractivity (Wildman–Crippen MR) is 78.2 cm³/mol. The number of esters is 1. The van der Waals surface area contributed by atoms with E-state index in [0.717, 1.165) is 0 Å². The van der Waals surface area contributed by atoms with Gasteiger partial charge in [-0.1, -0.05) is 23.2 Å². The first-order valence-corrected chi connectivity index (χ1v) is 6.83. The molecule has 0 saturated carbocycles. The van der Waals surface area contributed by atoms with Gasteiger partial charge >= 0.3 is 5.97 Å². The molecule has 7 heteroatoms. The predicted octanol–water partition coefficient (Wildman–Crippen LogP) is 2.79. The first-order valence-electron chi connectivity index (χ1n) is 6.07. The minimum atomic E-state index is -0.769. The minimum Gasteiger partial charge on any atom is -0.458 e. The summed E-state index contributed by atoms with van der Waals surface area (Å²) in [5.41, 5.74) is -0.330. The number of hydrogen-bond donors (Lipinski definition) is 1. The zero-order valence-electron chi connectivity index (χ0n) is 12.1. The van der Waals surface area contributed by atoms with Crippen LogP contribution in [0.1, 0.15) is 38.2 Å². The highest BCUT2D eigenvalue weighted by molar-refractivity contribution is 6.41. The summed E-state index contributed by atoms with van der Waals surface area (Å²) in [7, 11) is 1.61. The van der Waals surface area contributed by atoms with Crippen molar-refractivity contribution < 1.29 is 14.3 Å². The van der Waals surface area contributed by atoms with E-state index in [-0.39, 0.29) is 15.9 Å². The molecular formula is C13H18Cl2N2O3. The molecule has 1 aromatic rings. The van der Waals surface area contributed by atoms with Crippen molar-refractivity contribution in [2.24, 2.45) is 7.05 Å². The Morgan fingerprint density at radius 3 is 2.30 bits per heavy atom. The van der Waals surface area contributed by atoms with Gasteiger partial charge in [-0.15, -0.1) is 0 Å². The summed E-state index contributed by atoms with van der Waals surface area (Å²) in [5, 5.41) is 3.10. The smallest absolute Gasteiger partial charge is 0.328 e. The quantitative estimate of drug-likeness (QED) is 0.871. The molecule has 1 aromatic heterocycles. The van der Waals surface area contributed by atoms with E-state index >= 15 is 0 Å². The molecule has 1 atom stereocenters. The number of carbonyl (C=O) groups excluding carboxylic acids is 2. The third kappa shape index (κ3) is 4.15. The standard InChI is InChI=1S/C13H18Cl2N2O3/c1-7(12(19)20-13(2,3)4)16-11(18)9-6-8(14)10(15)17(9)5/h6-7H,1-5H3,(H,16,18)/t7-/m0/s1. The molecule has 0 unspecified atom stereocenters. The molecule has 0 aliphatic heterocycles. The van der Waals surface area contributed by atoms with Gasteiger partial charge in [0, 0.05) is 7.05 Å². The summed E-state index contributed by atoms with van der Waals surface area (Å²) >= 11 is 11.7. The van der Waals surface area contributed by atoms with Crippen LogP contribution in [-0.2, 0) is 16.6 Å². The molecule has 0 aromatic carbocycles. The lowest BCUT2D eigenvalue weighted by Crippen LogP contribution is -2.42. The minimum absolute atomic E-state index is 0.265. The highest BCUT2D eigenvalue weighted by atomic mass is 35.5. The molecule has 0 saturated heterocycles. The van der Waals surface area contributed by atoms with E-state index in [1.165, 1.54) is 10.6 Å². The number of nitrogens with one attached hydrogen (secondary N) is 1. The lowest BCUT2D eigenvalue weighted by molar-refractivity contribution is -0.156. The fraction of sp³-hybridized carbons (Fsp3) is 0.538. The Bertz CT molecular complexity index is 532. The number of aromatic nitrogens is 1. The Balaban J connectivity index is 2.75. The number of amides is 1. The van der Waals surface area contributed by atoms with Crippen LogP contribution in [0.3, 0.4) is 0 Å². The van der Waals surface area contributed by atoms with E-state index in [1.54, 1.807) is 34.7 Å². The largest absolute Gasteiger partial charge is 0.458 e. The van der Waals surface area contributed by atoms with Crippen molar-refractivity contribution >= 4 is 35.1 Å². The Hall–Kier alpha value is -1.20. The van der Waals surface area contributed by atoms with Crippen molar-refractivity contribution in [1.82, 2.24) is 9.88 Å². The van der Waals surface area contributed by atoms with Gasteiger partial charge in [-0.25, -0.2) is 4.79 Å². The van der Waals surface area contributed by atoms with E-state index in [9.17, 15) is 9.59 Å². The van der Waals surface area contributed by atoms with Crippen LogP contribution in [0, 0.1) is 0 Å². The van der Waals surface area contributed by atoms with Gasteiger partial charge in [0.1, 0.15) is 22.5 Å². The molecular weight excluding hydrogens is 303 g/mol. The zero-order chi connectivity index (χ0) is 15.7. The van der Waals surface area contributed by atoms with Crippen LogP contribution < -0.4 is 5.32 Å². The Morgan fingerprint density at radius 2 is 1.90 bits per heavy atom. The lowest BCUT2D eigenvalue weighted by Gasteiger charge is -2.22. The van der Waals surface area contributed by atoms with Gasteiger partial charge in [-0.2, -0.15) is 0 Å². The van der Waals surface area contributed by atoms with E-state index in [0.29, 0.717) is 0 Å². The first-order chi connectivity index (χ1) is 9.03. The van der Waals surface area contributed by atoms with Crippen LogP contribution in [0.15, 0.2) is 6.07 Å². The van der Waals surface area contributed by atoms with E-state index in [1.807, 2.05) is 0 Å². The van der Waals surface area contributed by atoms with Gasteiger partial charge in [0.15, 0.2) is 0 Å². The average Bonchev–Trinajstić information content (AvgIpc) is 2.54. The maximum atomic E-state index is 12.1. The van der Waals surface area contributed by atoms with Gasteiger partial charge < -0.3 is 14.6 Å². The molecule has 5 nitrogen and oxygen atoms in total. The average molecular weight is 321 g/mol. The molecule has 0 fully saturated rings. The number of carbonyl (C=O) groups is 2. The van der Waals surface area contributed by atoms with Crippen LogP contribution in [0.2, 0.25) is 10.2 Å². The van der Waals surface area contributed by atoms with Crippen molar-refractivity contribution in [2.75, 3.05) is 0 Å². The van der Waals surface area contributed by atoms with Gasteiger partial charge in [-0.05, 0) is 33.8 Å². The Labute approximate surface area is 128 Å². The third-order valence-corrected chi connectivity index (χ3v) is 3.30. The van der Waals surface area contributed by atoms with Crippen LogP contribution in [0.25, 0.3) is 0 Å². The molecule has 1 amide bonds. The van der Waals surface area contributed by atoms with Gasteiger partial charge in [0.25, 0.3) is 5.91 Å². The number of hydrogen-bond acceptors (Lipinski definition) is 3. The summed E-state index contributed by atoms with van der Waals surface area (Å²) in [5.74, 6) is -0.947. The number of rotatable bonds is 3. The summed E-state index contributed by atoms with van der Waals surface area (Å²) in [6, 6.07) is 0.676. The molecule has 20 heavy (non-hydrogen) atoms. The highest BCUT2D eigenvalue weighted by Crippen LogP contribution is 2.25. The molecule has 112 valence electrons. The number of nitrogens with zero attached hydrogens (tertiary/aromatic N) is 1. The maximum absolute atomic E-state index is 12.1. The molecule has 0 aliphatic carbocycles. The molecule has 1 heterocycles. The molecule has 0 aliphatic rings. The van der Waals surface area contributed by atoms with Crippen LogP contribution in [0.5, 0.6) is 0 Å². The fourth-order valence-corrected chi connectivity index (χ4v) is 1.86. The lowest BCUT2D eigenvalue weighted by atomic mass is 10.2. The first kappa shape index (κ1) is 16.9. The Morgan fingerprint density at radius 1 is 1.35 bits per heavy atom. The summed E-state index contributed by atoms with van der Waals surface area (Å²) < 4.78 is 6.63. The number of halogens is 2. The SMILES string of the molecule is C[C@H](NC(=O)c1cc(Cl)c(Cl)n1C)C(=O)OC(C)(C)C. The second-order valence-corrected chi connectivity index (χ2v) is 6.22. The second kappa shape index (κ2) is 6.06. The number of ether oxygens (including phenoxy) is 1. The maximum Gasteiger partial charge on any atom is 0.328 e. The molecule has 0 radical (unpaired) electrons. The normalized spacial score (nSPS) is 12.9. The molecule has 0 bridgehead atoms. The Kier molecular flexibility index (Phi) is 5.10. The van der Waals surface area contributed by atoms with Crippen LogP contribution in [0.4, 0.5) is 0 Å². The van der Waals surface area contributed by atoms with Crippen molar-refractivity contribution in [3.63, 3.8) is 0 Å². The third-order valence-electron chi connectivity index (χ3n) is 2.46. The van der Waals surface area contributed by atoms with E-state index < -0.39 is 23.5 Å². The summed E-state index contributed by atoms with van der Waals surface area (Å²) in [6.07, 6.45) is 0. The topological polar surface area (TPSA) is 60.3 Å². The highest BCUT2D eigenvalue weighted by Gasteiger charge is 2.24. The van der Waals surface area contributed by atoms with E-state index in [4.69, 9.17) is 27.9 Å². The zero-order valence-corrected chi connectivity index (χ0v) is 13.6. The summed E-state index contributed by atoms with van der Waals surface area (Å²) in [4.78, 5) is 23.8. The van der Waals surface area contributed by atoms with E-state index in [2.05, 4.69) is 5.32 Å². The summed E-state index contributed by atoms with van der Waals surface area (Å²) in [6.45, 7) is 6.83. The van der Waals surface area contributed by atoms with Gasteiger partial charge in [0.05, 0.1) is 5.02 Å². The molecule has 0 spiro atoms. The second-order valence-electron chi connectivity index (χ2n) is 5.46. The van der Waals surface area contributed by atoms with Gasteiger partial charge in [-0.3, -0.25) is 4.79 Å². The van der Waals surface area contributed by atoms with Crippen molar-refractivity contribution in [1.29, 1.82) is 0 Å². The monoisotopic (exact) mass is 320 g/mol. The fourth-order valence-electron chi connectivity index (χ4n) is 1.48. The van der Waals surface area contributed by atoms with Crippen LogP contribution >= 0.6 is 23.2 Å². The van der Waals surface area contributed by atoms with Crippen molar-refractivity contribution in [2.45, 2.75) is 39.3 Å². The van der Waals surface area contributed by atoms with Crippen molar-refractivity contribution in [3.8, 4) is 0 Å².